The van der Waals surface area contributed by atoms with Crippen molar-refractivity contribution in [3.05, 3.63) is 0 Å². The Morgan fingerprint density at radius 1 is 0.909 bits per heavy atom. The lowest BCUT2D eigenvalue weighted by Crippen LogP contribution is -2.17. The zero-order valence-corrected chi connectivity index (χ0v) is 13.7. The third-order valence-electron chi connectivity index (χ3n) is 3.59. The maximum Gasteiger partial charge on any atom is 0.317 e. The van der Waals surface area contributed by atoms with Gasteiger partial charge in [-0.3, -0.25) is 9.59 Å². The standard InChI is InChI=1S/C17H32O4.Mg.2H/c1-3-4-5-6-7-8-9-10-11-12-13-15(2)21-17(20)14-16(18)19;;;/h15H,3-14H2,1-2H3,(H,18,19);;;. The summed E-state index contributed by atoms with van der Waals surface area (Å²) in [5.41, 5.74) is 0. The van der Waals surface area contributed by atoms with Crippen LogP contribution in [-0.2, 0) is 14.3 Å². The van der Waals surface area contributed by atoms with Gasteiger partial charge in [-0.05, 0) is 19.8 Å². The summed E-state index contributed by atoms with van der Waals surface area (Å²) < 4.78 is 5.02. The summed E-state index contributed by atoms with van der Waals surface area (Å²) in [5.74, 6) is -1.77. The van der Waals surface area contributed by atoms with Crippen molar-refractivity contribution >= 4 is 35.0 Å². The summed E-state index contributed by atoms with van der Waals surface area (Å²) >= 11 is 0. The normalized spacial score (nSPS) is 11.5. The average molecular weight is 327 g/mol. The van der Waals surface area contributed by atoms with Crippen LogP contribution in [0.3, 0.4) is 0 Å². The van der Waals surface area contributed by atoms with Crippen LogP contribution in [0.15, 0.2) is 0 Å². The Balaban J connectivity index is 0. The van der Waals surface area contributed by atoms with E-state index in [2.05, 4.69) is 6.92 Å². The number of ether oxygens (including phenoxy) is 1. The molecule has 1 N–H and O–H groups in total. The fraction of sp³-hybridized carbons (Fsp3) is 0.882. The molecule has 0 bridgehead atoms. The molecule has 0 aromatic heterocycles. The lowest BCUT2D eigenvalue weighted by molar-refractivity contribution is -0.154. The number of carbonyl (C=O) groups excluding carboxylic acids is 1. The monoisotopic (exact) mass is 326 g/mol. The summed E-state index contributed by atoms with van der Waals surface area (Å²) in [6.45, 7) is 4.06. The van der Waals surface area contributed by atoms with Crippen LogP contribution in [0.25, 0.3) is 0 Å². The summed E-state index contributed by atoms with van der Waals surface area (Å²) in [6, 6.07) is 0. The molecule has 0 radical (unpaired) electrons. The fourth-order valence-electron chi connectivity index (χ4n) is 2.37. The van der Waals surface area contributed by atoms with Gasteiger partial charge >= 0.3 is 35.0 Å². The van der Waals surface area contributed by atoms with Gasteiger partial charge in [0.1, 0.15) is 6.42 Å². The number of carboxylic acid groups (broad SMARTS) is 1. The van der Waals surface area contributed by atoms with Gasteiger partial charge in [0, 0.05) is 0 Å². The quantitative estimate of drug-likeness (QED) is 0.228. The first-order valence-corrected chi connectivity index (χ1v) is 8.47. The predicted octanol–water partition coefficient (Wildman–Crippen LogP) is 3.79. The highest BCUT2D eigenvalue weighted by Crippen LogP contribution is 2.13. The van der Waals surface area contributed by atoms with Gasteiger partial charge < -0.3 is 9.84 Å². The van der Waals surface area contributed by atoms with Crippen LogP contribution in [0.2, 0.25) is 0 Å². The number of esters is 1. The van der Waals surface area contributed by atoms with E-state index in [9.17, 15) is 9.59 Å². The second-order valence-corrected chi connectivity index (χ2v) is 5.84. The molecule has 0 saturated carbocycles. The van der Waals surface area contributed by atoms with Gasteiger partial charge in [-0.15, -0.1) is 0 Å². The van der Waals surface area contributed by atoms with Gasteiger partial charge in [-0.1, -0.05) is 64.7 Å². The first-order chi connectivity index (χ1) is 10.1. The molecule has 5 heteroatoms. The van der Waals surface area contributed by atoms with E-state index in [4.69, 9.17) is 9.84 Å². The number of rotatable bonds is 14. The second kappa shape index (κ2) is 17.1. The number of aliphatic carboxylic acids is 1. The Kier molecular flexibility index (Phi) is 18.6. The molecule has 0 saturated heterocycles. The first kappa shape index (κ1) is 24.0. The topological polar surface area (TPSA) is 63.6 Å². The van der Waals surface area contributed by atoms with Crippen molar-refractivity contribution in [2.45, 2.75) is 97.0 Å². The molecule has 1 unspecified atom stereocenters. The highest BCUT2D eigenvalue weighted by Gasteiger charge is 2.12. The third-order valence-corrected chi connectivity index (χ3v) is 3.59. The van der Waals surface area contributed by atoms with E-state index in [1.54, 1.807) is 0 Å². The highest BCUT2D eigenvalue weighted by atomic mass is 24.3. The molecule has 4 nitrogen and oxygen atoms in total. The largest absolute Gasteiger partial charge is 0.481 e. The van der Waals surface area contributed by atoms with Gasteiger partial charge in [0.15, 0.2) is 0 Å². The summed E-state index contributed by atoms with van der Waals surface area (Å²) in [5, 5.41) is 8.46. The molecule has 0 aliphatic carbocycles. The molecule has 128 valence electrons. The van der Waals surface area contributed by atoms with Crippen molar-refractivity contribution in [2.75, 3.05) is 0 Å². The van der Waals surface area contributed by atoms with E-state index in [0.717, 1.165) is 19.3 Å². The minimum absolute atomic E-state index is 0. The van der Waals surface area contributed by atoms with E-state index >= 15 is 0 Å². The molecule has 0 fully saturated rings. The fourth-order valence-corrected chi connectivity index (χ4v) is 2.37. The summed E-state index contributed by atoms with van der Waals surface area (Å²) in [6.07, 6.45) is 12.9. The van der Waals surface area contributed by atoms with Crippen molar-refractivity contribution in [1.82, 2.24) is 0 Å². The summed E-state index contributed by atoms with van der Waals surface area (Å²) in [7, 11) is 0. The maximum absolute atomic E-state index is 11.1. The molecule has 0 heterocycles. The summed E-state index contributed by atoms with van der Waals surface area (Å²) in [4.78, 5) is 21.5. The SMILES string of the molecule is CCCCCCCCCCCCC(C)OC(=O)CC(=O)O.[MgH2]. The van der Waals surface area contributed by atoms with E-state index < -0.39 is 18.4 Å². The molecule has 22 heavy (non-hydrogen) atoms. The smallest absolute Gasteiger partial charge is 0.317 e. The molecule has 0 aromatic carbocycles. The Hall–Kier alpha value is -0.294. The maximum atomic E-state index is 11.1. The number of carboxylic acids is 1. The minimum Gasteiger partial charge on any atom is -0.481 e. The van der Waals surface area contributed by atoms with Crippen molar-refractivity contribution in [3.8, 4) is 0 Å². The lowest BCUT2D eigenvalue weighted by atomic mass is 10.0. The zero-order valence-electron chi connectivity index (χ0n) is 13.7. The van der Waals surface area contributed by atoms with Crippen LogP contribution in [0.5, 0.6) is 0 Å². The van der Waals surface area contributed by atoms with Crippen LogP contribution in [-0.4, -0.2) is 46.2 Å². The Bertz CT molecular complexity index is 282. The first-order valence-electron chi connectivity index (χ1n) is 8.47. The van der Waals surface area contributed by atoms with Crippen molar-refractivity contribution in [1.29, 1.82) is 0 Å². The Morgan fingerprint density at radius 3 is 1.82 bits per heavy atom. The number of unbranched alkanes of at least 4 members (excludes halogenated alkanes) is 9. The van der Waals surface area contributed by atoms with Gasteiger partial charge in [-0.25, -0.2) is 0 Å². The molecule has 0 aromatic rings. The number of hydrogen-bond acceptors (Lipinski definition) is 3. The third kappa shape index (κ3) is 17.8. The molecule has 0 aliphatic rings. The van der Waals surface area contributed by atoms with E-state index in [1.165, 1.54) is 51.4 Å². The molecular weight excluding hydrogens is 292 g/mol. The van der Waals surface area contributed by atoms with Crippen LogP contribution >= 0.6 is 0 Å². The molecule has 0 spiro atoms. The van der Waals surface area contributed by atoms with Crippen molar-refractivity contribution in [2.24, 2.45) is 0 Å². The molecule has 0 aliphatic heterocycles. The molecule has 0 rings (SSSR count). The number of carbonyl (C=O) groups is 2. The Labute approximate surface area is 151 Å². The molecule has 0 amide bonds. The minimum atomic E-state index is -1.13. The van der Waals surface area contributed by atoms with Crippen molar-refractivity contribution < 1.29 is 19.4 Å². The van der Waals surface area contributed by atoms with Crippen molar-refractivity contribution in [3.63, 3.8) is 0 Å². The average Bonchev–Trinajstić information content (AvgIpc) is 2.39. The van der Waals surface area contributed by atoms with Crippen LogP contribution in [0.1, 0.15) is 90.9 Å². The van der Waals surface area contributed by atoms with E-state index in [0.29, 0.717) is 0 Å². The van der Waals surface area contributed by atoms with Gasteiger partial charge in [0.25, 0.3) is 0 Å². The van der Waals surface area contributed by atoms with Gasteiger partial charge in [-0.2, -0.15) is 0 Å². The van der Waals surface area contributed by atoms with E-state index in [-0.39, 0.29) is 29.2 Å². The number of hydrogen-bond donors (Lipinski definition) is 1. The Morgan fingerprint density at radius 2 is 1.36 bits per heavy atom. The van der Waals surface area contributed by atoms with Crippen LogP contribution in [0.4, 0.5) is 0 Å². The van der Waals surface area contributed by atoms with Crippen LogP contribution < -0.4 is 0 Å². The molecular formula is C17H34MgO4. The highest BCUT2D eigenvalue weighted by molar-refractivity contribution is 5.90. The zero-order chi connectivity index (χ0) is 15.9. The molecule has 1 atom stereocenters. The lowest BCUT2D eigenvalue weighted by Gasteiger charge is -2.12. The van der Waals surface area contributed by atoms with E-state index in [1.807, 2.05) is 6.92 Å². The predicted molar refractivity (Wildman–Crippen MR) is 92.8 cm³/mol. The van der Waals surface area contributed by atoms with Crippen LogP contribution in [0, 0.1) is 0 Å². The van der Waals surface area contributed by atoms with Gasteiger partial charge in [0.05, 0.1) is 6.10 Å². The van der Waals surface area contributed by atoms with Gasteiger partial charge in [0.2, 0.25) is 0 Å². The second-order valence-electron chi connectivity index (χ2n) is 5.84.